The number of likely N-dealkylation sites (N-methyl/N-ethyl adjacent to an activating group) is 2. The van der Waals surface area contributed by atoms with Crippen LogP contribution in [-0.2, 0) is 37.1 Å². The summed E-state index contributed by atoms with van der Waals surface area (Å²) in [5.74, 6) is -2.49. The van der Waals surface area contributed by atoms with Crippen LogP contribution in [-0.4, -0.2) is 43.4 Å². The molecule has 0 saturated heterocycles. The van der Waals surface area contributed by atoms with Crippen LogP contribution < -0.4 is 16.0 Å². The fraction of sp³-hybridized carbons (Fsp3) is 0.222. The molecule has 0 aliphatic carbocycles. The molecule has 12 heteroatoms. The average molecular weight is 680 g/mol. The molecule has 0 fully saturated rings. The molecule has 0 atom stereocenters. The van der Waals surface area contributed by atoms with Crippen molar-refractivity contribution in [3.05, 3.63) is 124 Å². The molecule has 0 aliphatic rings. The average Bonchev–Trinajstić information content (AvgIpc) is 3.06. The number of benzene rings is 4. The molecular weight excluding hydrogens is 647 g/mol. The number of anilines is 1. The van der Waals surface area contributed by atoms with Crippen molar-refractivity contribution in [2.24, 2.45) is 0 Å². The van der Waals surface area contributed by atoms with E-state index in [1.165, 1.54) is 30.3 Å². The van der Waals surface area contributed by atoms with Crippen molar-refractivity contribution in [1.29, 1.82) is 0 Å². The Morgan fingerprint density at radius 1 is 0.750 bits per heavy atom. The lowest BCUT2D eigenvalue weighted by molar-refractivity contribution is -0.150. The minimum atomic E-state index is -4.49. The van der Waals surface area contributed by atoms with Crippen LogP contribution in [0, 0.1) is 0 Å². The smallest absolute Gasteiger partial charge is 0.416 e. The molecule has 0 spiro atoms. The van der Waals surface area contributed by atoms with Crippen LogP contribution >= 0.6 is 11.6 Å². The van der Waals surface area contributed by atoms with E-state index in [0.717, 1.165) is 12.1 Å². The first-order valence-electron chi connectivity index (χ1n) is 15.0. The Kier molecular flexibility index (Phi) is 11.6. The van der Waals surface area contributed by atoms with Gasteiger partial charge >= 0.3 is 12.1 Å². The van der Waals surface area contributed by atoms with Crippen LogP contribution in [0.3, 0.4) is 0 Å². The molecular formula is C36H33ClF3N3O5. The van der Waals surface area contributed by atoms with Gasteiger partial charge in [0.15, 0.2) is 5.41 Å². The normalized spacial score (nSPS) is 11.4. The summed E-state index contributed by atoms with van der Waals surface area (Å²) in [7, 11) is 0. The summed E-state index contributed by atoms with van der Waals surface area (Å²) in [5.41, 5.74) is -0.546. The van der Waals surface area contributed by atoms with Gasteiger partial charge in [0, 0.05) is 18.7 Å². The lowest BCUT2D eigenvalue weighted by Gasteiger charge is -2.31. The largest absolute Gasteiger partial charge is 0.463 e. The predicted octanol–water partition coefficient (Wildman–Crippen LogP) is 6.57. The summed E-state index contributed by atoms with van der Waals surface area (Å²) < 4.78 is 44.6. The van der Waals surface area contributed by atoms with Crippen molar-refractivity contribution in [3.63, 3.8) is 0 Å². The second kappa shape index (κ2) is 15.6. The number of hydrogen-bond acceptors (Lipinski definition) is 5. The molecule has 0 heterocycles. The first-order chi connectivity index (χ1) is 22.9. The molecule has 4 aromatic rings. The Balaban J connectivity index is 1.48. The van der Waals surface area contributed by atoms with Gasteiger partial charge in [-0.2, -0.15) is 13.2 Å². The quantitative estimate of drug-likeness (QED) is 0.116. The number of rotatable bonds is 12. The molecule has 8 nitrogen and oxygen atoms in total. The maximum atomic E-state index is 13.3. The van der Waals surface area contributed by atoms with E-state index in [1.807, 2.05) is 0 Å². The highest BCUT2D eigenvalue weighted by atomic mass is 35.5. The van der Waals surface area contributed by atoms with Gasteiger partial charge in [-0.05, 0) is 66.4 Å². The van der Waals surface area contributed by atoms with Gasteiger partial charge in [-0.15, -0.1) is 0 Å². The number of ether oxygens (including phenoxy) is 1. The summed E-state index contributed by atoms with van der Waals surface area (Å²) >= 11 is 6.46. The van der Waals surface area contributed by atoms with E-state index >= 15 is 0 Å². The van der Waals surface area contributed by atoms with E-state index in [-0.39, 0.29) is 35.8 Å². The second-order valence-electron chi connectivity index (χ2n) is 10.7. The molecule has 0 aromatic heterocycles. The van der Waals surface area contributed by atoms with Crippen LogP contribution in [0.4, 0.5) is 18.9 Å². The highest BCUT2D eigenvalue weighted by Crippen LogP contribution is 2.33. The van der Waals surface area contributed by atoms with E-state index in [4.69, 9.17) is 16.3 Å². The minimum Gasteiger partial charge on any atom is -0.463 e. The van der Waals surface area contributed by atoms with E-state index < -0.39 is 47.5 Å². The van der Waals surface area contributed by atoms with Crippen molar-refractivity contribution in [2.75, 3.05) is 25.0 Å². The number of hydrogen-bond donors (Lipinski definition) is 3. The molecule has 0 bridgehead atoms. The van der Waals surface area contributed by atoms with E-state index in [1.54, 1.807) is 68.4 Å². The van der Waals surface area contributed by atoms with Crippen LogP contribution in [0.25, 0.3) is 11.1 Å². The van der Waals surface area contributed by atoms with Crippen molar-refractivity contribution >= 4 is 41.0 Å². The Labute approximate surface area is 280 Å². The second-order valence-corrected chi connectivity index (χ2v) is 11.1. The highest BCUT2D eigenvalue weighted by molar-refractivity contribution is 6.34. The monoisotopic (exact) mass is 679 g/mol. The fourth-order valence-corrected chi connectivity index (χ4v) is 5.31. The third-order valence-corrected chi connectivity index (χ3v) is 7.80. The summed E-state index contributed by atoms with van der Waals surface area (Å²) in [4.78, 5) is 52.9. The number of carbonyl (C=O) groups is 4. The first-order valence-corrected chi connectivity index (χ1v) is 15.4. The standard InChI is InChI=1S/C36H33ClF3N3O5/c1-3-41-33(46)35(34(47)42-4-2,25-10-6-5-7-11-25)22-48-31(44)21-23-14-19-30(29(37)20-23)43-32(45)28-13-9-8-12-27(28)24-15-17-26(18-16-24)36(38,39)40/h5-20H,3-4,21-22H2,1-2H3,(H,41,46)(H,42,47)(H,43,45). The molecule has 48 heavy (non-hydrogen) atoms. The van der Waals surface area contributed by atoms with Crippen LogP contribution in [0.1, 0.15) is 40.9 Å². The molecule has 250 valence electrons. The molecule has 3 N–H and O–H groups in total. The van der Waals surface area contributed by atoms with E-state index in [9.17, 15) is 32.3 Å². The van der Waals surface area contributed by atoms with Gasteiger partial charge in [-0.3, -0.25) is 19.2 Å². The zero-order valence-corrected chi connectivity index (χ0v) is 26.9. The highest BCUT2D eigenvalue weighted by Gasteiger charge is 2.48. The topological polar surface area (TPSA) is 114 Å². The van der Waals surface area contributed by atoms with E-state index in [2.05, 4.69) is 16.0 Å². The number of alkyl halides is 3. The van der Waals surface area contributed by atoms with Crippen LogP contribution in [0.2, 0.25) is 5.02 Å². The van der Waals surface area contributed by atoms with Gasteiger partial charge in [0.2, 0.25) is 11.8 Å². The summed E-state index contributed by atoms with van der Waals surface area (Å²) in [6, 6.07) is 23.8. The molecule has 0 saturated carbocycles. The maximum absolute atomic E-state index is 13.3. The molecule has 0 aliphatic heterocycles. The lowest BCUT2D eigenvalue weighted by atomic mass is 9.79. The van der Waals surface area contributed by atoms with Gasteiger partial charge in [0.25, 0.3) is 5.91 Å². The molecule has 3 amide bonds. The molecule has 4 rings (SSSR count). The number of esters is 1. The Bertz CT molecular complexity index is 1760. The van der Waals surface area contributed by atoms with Gasteiger partial charge in [-0.25, -0.2) is 0 Å². The Morgan fingerprint density at radius 3 is 1.94 bits per heavy atom. The number of amides is 3. The van der Waals surface area contributed by atoms with Gasteiger partial charge in [0.05, 0.1) is 22.7 Å². The third kappa shape index (κ3) is 8.21. The van der Waals surface area contributed by atoms with Gasteiger partial charge in [0.1, 0.15) is 6.61 Å². The fourth-order valence-electron chi connectivity index (χ4n) is 5.06. The summed E-state index contributed by atoms with van der Waals surface area (Å²) in [6.45, 7) is 3.38. The minimum absolute atomic E-state index is 0.115. The predicted molar refractivity (Wildman–Crippen MR) is 176 cm³/mol. The molecule has 0 radical (unpaired) electrons. The van der Waals surface area contributed by atoms with Crippen molar-refractivity contribution < 1.29 is 37.1 Å². The van der Waals surface area contributed by atoms with Gasteiger partial charge < -0.3 is 20.7 Å². The molecule has 4 aromatic carbocycles. The Hall–Kier alpha value is -5.16. The van der Waals surface area contributed by atoms with Crippen LogP contribution in [0.15, 0.2) is 97.1 Å². The van der Waals surface area contributed by atoms with Crippen molar-refractivity contribution in [1.82, 2.24) is 10.6 Å². The zero-order valence-electron chi connectivity index (χ0n) is 26.1. The first kappa shape index (κ1) is 35.7. The zero-order chi connectivity index (χ0) is 34.9. The van der Waals surface area contributed by atoms with Crippen LogP contribution in [0.5, 0.6) is 0 Å². The van der Waals surface area contributed by atoms with Gasteiger partial charge in [-0.1, -0.05) is 78.3 Å². The number of nitrogens with one attached hydrogen (secondary N) is 3. The summed E-state index contributed by atoms with van der Waals surface area (Å²) in [6.07, 6.45) is -4.74. The molecule has 0 unspecified atom stereocenters. The Morgan fingerprint density at radius 2 is 1.35 bits per heavy atom. The van der Waals surface area contributed by atoms with Crippen molar-refractivity contribution in [2.45, 2.75) is 31.9 Å². The number of carbonyl (C=O) groups excluding carboxylic acids is 4. The van der Waals surface area contributed by atoms with Crippen molar-refractivity contribution in [3.8, 4) is 11.1 Å². The third-order valence-electron chi connectivity index (χ3n) is 7.49. The summed E-state index contributed by atoms with van der Waals surface area (Å²) in [5, 5.41) is 8.17. The number of halogens is 4. The SMILES string of the molecule is CCNC(=O)C(COC(=O)Cc1ccc(NC(=O)c2ccccc2-c2ccc(C(F)(F)F)cc2)c(Cl)c1)(C(=O)NCC)c1ccccc1. The lowest BCUT2D eigenvalue weighted by Crippen LogP contribution is -2.57. The van der Waals surface area contributed by atoms with E-state index in [0.29, 0.717) is 22.3 Å². The maximum Gasteiger partial charge on any atom is 0.416 e.